The van der Waals surface area contributed by atoms with E-state index in [1.54, 1.807) is 18.3 Å². The number of para-hydroxylation sites is 1. The molecule has 0 unspecified atom stereocenters. The van der Waals surface area contributed by atoms with E-state index >= 15 is 0 Å². The minimum absolute atomic E-state index is 0.104. The third-order valence-corrected chi connectivity index (χ3v) is 4.39. The number of hydrogen-bond acceptors (Lipinski definition) is 8. The molecule has 0 spiro atoms. The fraction of sp³-hybridized carbons (Fsp3) is 0.188. The molecule has 0 atom stereocenters. The van der Waals surface area contributed by atoms with Crippen LogP contribution in [0, 0.1) is 0 Å². The van der Waals surface area contributed by atoms with Crippen LogP contribution in [0.15, 0.2) is 36.8 Å². The highest BCUT2D eigenvalue weighted by Crippen LogP contribution is 2.30. The van der Waals surface area contributed by atoms with Crippen molar-refractivity contribution < 1.29 is 13.5 Å². The summed E-state index contributed by atoms with van der Waals surface area (Å²) in [5.74, 6) is 0.425. The molecule has 0 amide bonds. The molecule has 1 N–H and O–H groups in total. The highest BCUT2D eigenvalue weighted by Gasteiger charge is 2.15. The first-order valence-electron chi connectivity index (χ1n) is 7.65. The van der Waals surface area contributed by atoms with Crippen molar-refractivity contribution in [2.75, 3.05) is 18.7 Å². The normalized spacial score (nSPS) is 11.3. The van der Waals surface area contributed by atoms with Crippen molar-refractivity contribution >= 4 is 43.5 Å². The number of halogens is 2. The van der Waals surface area contributed by atoms with Crippen molar-refractivity contribution in [3.63, 3.8) is 0 Å². The number of hydrogen-bond donors (Lipinski definition) is 1. The van der Waals surface area contributed by atoms with Gasteiger partial charge in [-0.3, -0.25) is 0 Å². The van der Waals surface area contributed by atoms with Gasteiger partial charge in [-0.1, -0.05) is 23.5 Å². The van der Waals surface area contributed by atoms with Gasteiger partial charge >= 0.3 is 6.01 Å². The zero-order chi connectivity index (χ0) is 17.9. The third kappa shape index (κ3) is 3.23. The summed E-state index contributed by atoms with van der Waals surface area (Å²) in [5.41, 5.74) is 1.24. The lowest BCUT2D eigenvalue weighted by Crippen LogP contribution is -2.22. The number of nitrogens with zero attached hydrogens (tertiary/aromatic N) is 5. The van der Waals surface area contributed by atoms with Crippen molar-refractivity contribution in [1.82, 2.24) is 24.9 Å². The van der Waals surface area contributed by atoms with E-state index < -0.39 is 19.5 Å². The van der Waals surface area contributed by atoms with E-state index in [-0.39, 0.29) is 6.01 Å². The standard InChI is InChI=1S/C16H12F2N6OS/c17-5-9(6-18)25-15-21-11-4-2-1-3-10(11)13(23-15)24-16-22-12-7-19-8-20-14(12)26-16/h1-4,7-9H,5-6H2,(H,21,22,23,24). The molecule has 1 aromatic carbocycles. The van der Waals surface area contributed by atoms with Crippen LogP contribution in [-0.4, -0.2) is 44.4 Å². The molecule has 4 aromatic rings. The van der Waals surface area contributed by atoms with Crippen LogP contribution in [0.2, 0.25) is 0 Å². The van der Waals surface area contributed by atoms with Crippen LogP contribution in [0.5, 0.6) is 6.01 Å². The lowest BCUT2D eigenvalue weighted by molar-refractivity contribution is 0.123. The Hall–Kier alpha value is -3.01. The number of thiazole rings is 1. The number of anilines is 2. The second kappa shape index (κ2) is 7.08. The van der Waals surface area contributed by atoms with Gasteiger partial charge in [0.2, 0.25) is 0 Å². The molecule has 4 rings (SSSR count). The molecule has 0 saturated heterocycles. The fourth-order valence-corrected chi connectivity index (χ4v) is 3.08. The molecular formula is C16H12F2N6OS. The van der Waals surface area contributed by atoms with Gasteiger partial charge in [-0.25, -0.2) is 23.7 Å². The Labute approximate surface area is 150 Å². The molecule has 0 bridgehead atoms. The van der Waals surface area contributed by atoms with Gasteiger partial charge in [-0.2, -0.15) is 9.97 Å². The molecule has 0 aliphatic carbocycles. The highest BCUT2D eigenvalue weighted by atomic mass is 32.1. The minimum atomic E-state index is -1.23. The smallest absolute Gasteiger partial charge is 0.319 e. The largest absolute Gasteiger partial charge is 0.454 e. The van der Waals surface area contributed by atoms with Gasteiger partial charge in [0.25, 0.3) is 0 Å². The number of benzene rings is 1. The maximum atomic E-state index is 12.8. The molecule has 10 heteroatoms. The van der Waals surface area contributed by atoms with Gasteiger partial charge in [-0.05, 0) is 12.1 Å². The second-order valence-corrected chi connectivity index (χ2v) is 6.26. The van der Waals surface area contributed by atoms with Crippen molar-refractivity contribution in [3.8, 4) is 6.01 Å². The van der Waals surface area contributed by atoms with Crippen molar-refractivity contribution in [3.05, 3.63) is 36.8 Å². The molecule has 0 aliphatic heterocycles. The fourth-order valence-electron chi connectivity index (χ4n) is 2.30. The van der Waals surface area contributed by atoms with E-state index in [2.05, 4.69) is 30.2 Å². The maximum Gasteiger partial charge on any atom is 0.319 e. The summed E-state index contributed by atoms with van der Waals surface area (Å²) in [5, 5.41) is 4.39. The van der Waals surface area contributed by atoms with Crippen molar-refractivity contribution in [2.24, 2.45) is 0 Å². The lowest BCUT2D eigenvalue weighted by Gasteiger charge is -2.13. The van der Waals surface area contributed by atoms with E-state index in [4.69, 9.17) is 4.74 Å². The molecule has 0 radical (unpaired) electrons. The topological polar surface area (TPSA) is 85.7 Å². The first-order valence-corrected chi connectivity index (χ1v) is 8.47. The van der Waals surface area contributed by atoms with Crippen LogP contribution in [0.4, 0.5) is 19.7 Å². The Morgan fingerprint density at radius 2 is 1.92 bits per heavy atom. The first-order chi connectivity index (χ1) is 12.8. The van der Waals surface area contributed by atoms with Crippen molar-refractivity contribution in [1.29, 1.82) is 0 Å². The Balaban J connectivity index is 1.74. The SMILES string of the molecule is FCC(CF)Oc1nc(Nc2nc3cncnc3s2)c2ccccc2n1. The Bertz CT molecular complexity index is 1020. The summed E-state index contributed by atoms with van der Waals surface area (Å²) < 4.78 is 30.7. The lowest BCUT2D eigenvalue weighted by atomic mass is 10.2. The van der Waals surface area contributed by atoms with Crippen LogP contribution in [0.25, 0.3) is 21.3 Å². The van der Waals surface area contributed by atoms with E-state index in [0.29, 0.717) is 22.0 Å². The van der Waals surface area contributed by atoms with Crippen LogP contribution < -0.4 is 10.1 Å². The molecule has 3 heterocycles. The average Bonchev–Trinajstić information content (AvgIpc) is 3.08. The molecule has 26 heavy (non-hydrogen) atoms. The van der Waals surface area contributed by atoms with Gasteiger partial charge in [-0.15, -0.1) is 0 Å². The number of ether oxygens (including phenoxy) is 1. The number of aromatic nitrogens is 5. The van der Waals surface area contributed by atoms with E-state index in [9.17, 15) is 8.78 Å². The summed E-state index contributed by atoms with van der Waals surface area (Å²) >= 11 is 1.33. The summed E-state index contributed by atoms with van der Waals surface area (Å²) in [4.78, 5) is 21.7. The van der Waals surface area contributed by atoms with Gasteiger partial charge in [0.1, 0.15) is 35.8 Å². The van der Waals surface area contributed by atoms with Gasteiger partial charge < -0.3 is 10.1 Å². The molecule has 3 aromatic heterocycles. The Kier molecular flexibility index (Phi) is 4.48. The number of alkyl halides is 2. The van der Waals surface area contributed by atoms with Crippen LogP contribution in [0.3, 0.4) is 0 Å². The summed E-state index contributed by atoms with van der Waals surface area (Å²) in [7, 11) is 0. The highest BCUT2D eigenvalue weighted by molar-refractivity contribution is 7.21. The summed E-state index contributed by atoms with van der Waals surface area (Å²) in [6.45, 7) is -1.93. The first kappa shape index (κ1) is 16.5. The molecule has 7 nitrogen and oxygen atoms in total. The summed E-state index contributed by atoms with van der Waals surface area (Å²) in [6, 6.07) is 7.13. The maximum absolute atomic E-state index is 12.8. The quantitative estimate of drug-likeness (QED) is 0.553. The number of fused-ring (bicyclic) bond motifs is 2. The summed E-state index contributed by atoms with van der Waals surface area (Å²) in [6.07, 6.45) is 1.83. The van der Waals surface area contributed by atoms with E-state index in [1.807, 2.05) is 12.1 Å². The van der Waals surface area contributed by atoms with E-state index in [1.165, 1.54) is 17.7 Å². The molecule has 0 aliphatic rings. The zero-order valence-electron chi connectivity index (χ0n) is 13.3. The van der Waals surface area contributed by atoms with Crippen LogP contribution in [0.1, 0.15) is 0 Å². The zero-order valence-corrected chi connectivity index (χ0v) is 14.1. The minimum Gasteiger partial charge on any atom is -0.454 e. The Morgan fingerprint density at radius 3 is 2.73 bits per heavy atom. The monoisotopic (exact) mass is 374 g/mol. The number of rotatable bonds is 6. The predicted octanol–water partition coefficient (Wildman–Crippen LogP) is 3.46. The Morgan fingerprint density at radius 1 is 1.08 bits per heavy atom. The molecule has 0 fully saturated rings. The molecule has 0 saturated carbocycles. The third-order valence-electron chi connectivity index (χ3n) is 3.50. The van der Waals surface area contributed by atoms with Crippen LogP contribution >= 0.6 is 11.3 Å². The van der Waals surface area contributed by atoms with Gasteiger partial charge in [0.05, 0.1) is 11.7 Å². The average molecular weight is 374 g/mol. The number of nitrogens with one attached hydrogen (secondary N) is 1. The second-order valence-electron chi connectivity index (χ2n) is 5.28. The van der Waals surface area contributed by atoms with Gasteiger partial charge in [0.15, 0.2) is 11.2 Å². The van der Waals surface area contributed by atoms with Gasteiger partial charge in [0, 0.05) is 5.39 Å². The molecular weight excluding hydrogens is 362 g/mol. The van der Waals surface area contributed by atoms with E-state index in [0.717, 1.165) is 10.2 Å². The van der Waals surface area contributed by atoms with Crippen molar-refractivity contribution in [2.45, 2.75) is 6.10 Å². The molecule has 132 valence electrons. The van der Waals surface area contributed by atoms with Crippen LogP contribution in [-0.2, 0) is 0 Å². The predicted molar refractivity (Wildman–Crippen MR) is 94.4 cm³/mol.